The minimum atomic E-state index is -0.495. The summed E-state index contributed by atoms with van der Waals surface area (Å²) in [4.78, 5) is 68.7. The molecule has 115 heavy (non-hydrogen) atoms. The van der Waals surface area contributed by atoms with Crippen molar-refractivity contribution in [3.8, 4) is 0 Å². The smallest absolute Gasteiger partial charge is 0.306 e. The van der Waals surface area contributed by atoms with Gasteiger partial charge in [0.2, 0.25) is 0 Å². The molecule has 0 spiro atoms. The van der Waals surface area contributed by atoms with Crippen molar-refractivity contribution in [1.82, 2.24) is 9.80 Å². The first kappa shape index (κ1) is 110. The van der Waals surface area contributed by atoms with Gasteiger partial charge in [0.05, 0.1) is 39.1 Å². The number of hydrogen-bond acceptors (Lipinski definition) is 14. The Hall–Kier alpha value is -2.81. The lowest BCUT2D eigenvalue weighted by Crippen LogP contribution is -2.31. The fourth-order valence-electron chi connectivity index (χ4n) is 17.5. The van der Waals surface area contributed by atoms with Crippen molar-refractivity contribution in [3.05, 3.63) is 0 Å². The van der Waals surface area contributed by atoms with Crippen LogP contribution in [0.15, 0.2) is 0 Å². The molecule has 0 N–H and O–H groups in total. The number of hydrogen-bond donors (Lipinski definition) is 0. The van der Waals surface area contributed by atoms with Gasteiger partial charge in [-0.2, -0.15) is 0 Å². The van der Waals surface area contributed by atoms with Gasteiger partial charge in [-0.15, -0.1) is 0 Å². The van der Waals surface area contributed by atoms with Crippen molar-refractivity contribution in [3.63, 3.8) is 0 Å². The molecule has 6 unspecified atom stereocenters. The third-order valence-corrected chi connectivity index (χ3v) is 25.3. The van der Waals surface area contributed by atoms with Gasteiger partial charge in [-0.3, -0.25) is 24.0 Å². The predicted molar refractivity (Wildman–Crippen MR) is 485 cm³/mol. The summed E-state index contributed by atoms with van der Waals surface area (Å²) in [5, 5.41) is 0. The Kier molecular flexibility index (Phi) is 77.5. The average Bonchev–Trinajstić information content (AvgIpc) is 1.69. The monoisotopic (exact) mass is 1630 g/mol. The maximum Gasteiger partial charge on any atom is 0.306 e. The van der Waals surface area contributed by atoms with Gasteiger partial charge in [0, 0.05) is 51.5 Å². The molecule has 6 atom stereocenters. The molecule has 0 saturated carbocycles. The molecular weight excluding hydrogens is 1430 g/mol. The fourth-order valence-corrected chi connectivity index (χ4v) is 17.5. The minimum Gasteiger partial charge on any atom is -0.466 e. The number of esters is 5. The largest absolute Gasteiger partial charge is 0.466 e. The lowest BCUT2D eigenvalue weighted by Gasteiger charge is -2.29. The Labute approximate surface area is 712 Å². The van der Waals surface area contributed by atoms with Gasteiger partial charge in [-0.1, -0.05) is 344 Å². The van der Waals surface area contributed by atoms with Gasteiger partial charge in [0.25, 0.3) is 0 Å². The second kappa shape index (κ2) is 80.9. The molecule has 1 saturated heterocycles. The van der Waals surface area contributed by atoms with Crippen LogP contribution < -0.4 is 0 Å². The van der Waals surface area contributed by atoms with Crippen LogP contribution in [0.1, 0.15) is 498 Å². The van der Waals surface area contributed by atoms with Crippen LogP contribution in [0.4, 0.5) is 0 Å². The lowest BCUT2D eigenvalue weighted by molar-refractivity contribution is -0.180. The van der Waals surface area contributed by atoms with Crippen molar-refractivity contribution < 1.29 is 57.1 Å². The standard InChI is InChI=1S/C101H194N2O12/c1-12-20-41-59-89(60-42-21-13-2)75-83-109-96(104)69-51-34-28-26-32-49-67-94(114-100(108)73-57-81-103(11)19-8)68-50-33-27-29-35-52-70-99(107)112-86-78-93(65-46-25-17-6)87-92(58-18-7)66-48-40-47-64-91(63-45-24-16-5)77-85-111-98(106)72-54-37-31-39-56-80-101(113-88-95(115-101)74-82-102(9)10)79-55-38-30-36-53-71-97(105)110-84-76-90(61-43-22-14-3)62-44-23-15-4/h89-95H,12-88H2,1-11H3. The highest BCUT2D eigenvalue weighted by Crippen LogP contribution is 2.37. The average molecular weight is 1630 g/mol. The van der Waals surface area contributed by atoms with E-state index in [4.69, 9.17) is 33.2 Å². The van der Waals surface area contributed by atoms with E-state index in [1.807, 2.05) is 0 Å². The van der Waals surface area contributed by atoms with Crippen LogP contribution in [-0.2, 0) is 57.1 Å². The number of carbonyl (C=O) groups excluding carboxylic acids is 5. The third kappa shape index (κ3) is 69.4. The number of unbranched alkanes of at least 4 members (excludes halogenated alkanes) is 32. The van der Waals surface area contributed by atoms with Gasteiger partial charge in [0.1, 0.15) is 6.10 Å². The number of rotatable bonds is 89. The first-order valence-electron chi connectivity index (χ1n) is 50.5. The Bertz CT molecular complexity index is 2140. The van der Waals surface area contributed by atoms with Crippen LogP contribution in [-0.4, -0.2) is 131 Å². The first-order chi connectivity index (χ1) is 56.1. The Morgan fingerprint density at radius 3 is 0.957 bits per heavy atom. The molecule has 1 aliphatic rings. The van der Waals surface area contributed by atoms with Crippen LogP contribution in [0.3, 0.4) is 0 Å². The van der Waals surface area contributed by atoms with Gasteiger partial charge in [-0.25, -0.2) is 0 Å². The molecule has 0 radical (unpaired) electrons. The van der Waals surface area contributed by atoms with E-state index in [0.717, 1.165) is 231 Å². The highest BCUT2D eigenvalue weighted by atomic mass is 16.7. The van der Waals surface area contributed by atoms with Gasteiger partial charge in [-0.05, 0) is 173 Å². The molecule has 0 aromatic carbocycles. The van der Waals surface area contributed by atoms with E-state index in [0.29, 0.717) is 88.8 Å². The molecule has 0 bridgehead atoms. The van der Waals surface area contributed by atoms with Crippen molar-refractivity contribution >= 4 is 29.8 Å². The van der Waals surface area contributed by atoms with E-state index in [1.165, 1.54) is 205 Å². The molecule has 14 nitrogen and oxygen atoms in total. The van der Waals surface area contributed by atoms with E-state index < -0.39 is 5.79 Å². The number of carbonyl (C=O) groups is 5. The van der Waals surface area contributed by atoms with Crippen LogP contribution in [0.2, 0.25) is 0 Å². The summed E-state index contributed by atoms with van der Waals surface area (Å²) in [5.74, 6) is 2.63. The normalized spacial score (nSPS) is 15.5. The molecule has 0 amide bonds. The van der Waals surface area contributed by atoms with Crippen LogP contribution in [0.5, 0.6) is 0 Å². The lowest BCUT2D eigenvalue weighted by atomic mass is 9.83. The molecule has 0 aliphatic carbocycles. The maximum atomic E-state index is 13.1. The zero-order valence-electron chi connectivity index (χ0n) is 78.3. The van der Waals surface area contributed by atoms with Gasteiger partial charge < -0.3 is 43.0 Å². The Morgan fingerprint density at radius 1 is 0.313 bits per heavy atom. The summed E-state index contributed by atoms with van der Waals surface area (Å²) in [6.45, 7) is 23.9. The molecule has 0 aromatic heterocycles. The quantitative estimate of drug-likeness (QED) is 0.0322. The van der Waals surface area contributed by atoms with Crippen molar-refractivity contribution in [2.24, 2.45) is 29.6 Å². The molecule has 1 rings (SSSR count). The summed E-state index contributed by atoms with van der Waals surface area (Å²) in [7, 11) is 6.34. The highest BCUT2D eigenvalue weighted by Gasteiger charge is 2.40. The summed E-state index contributed by atoms with van der Waals surface area (Å²) < 4.78 is 42.7. The molecule has 1 heterocycles. The van der Waals surface area contributed by atoms with Crippen molar-refractivity contribution in [2.75, 3.05) is 73.8 Å². The van der Waals surface area contributed by atoms with Gasteiger partial charge in [0.15, 0.2) is 5.79 Å². The zero-order chi connectivity index (χ0) is 84.0. The summed E-state index contributed by atoms with van der Waals surface area (Å²) in [6.07, 6.45) is 75.6. The first-order valence-corrected chi connectivity index (χ1v) is 50.5. The minimum absolute atomic E-state index is 0.0227. The van der Waals surface area contributed by atoms with Crippen LogP contribution in [0, 0.1) is 29.6 Å². The SMILES string of the molecule is CCCCCC(CCCCC)CCOC(=O)CCCCCCCCC(CCCCCCCCC(=O)OCCC(CCCCC)CC(CCC)CCCCCC(CCCCC)CCOC(=O)CCCCCCCC1(CCCCCCCC(=O)OCCC(CCCCC)CCCCC)OCC(CCN(C)C)O1)OC(=O)CCCN(C)CC. The van der Waals surface area contributed by atoms with Gasteiger partial charge >= 0.3 is 29.8 Å². The molecular formula is C101H194N2O12. The topological polar surface area (TPSA) is 156 Å². The molecule has 1 fully saturated rings. The number of nitrogens with zero attached hydrogens (tertiary/aromatic N) is 2. The fraction of sp³-hybridized carbons (Fsp3) is 0.950. The third-order valence-electron chi connectivity index (χ3n) is 25.3. The highest BCUT2D eigenvalue weighted by molar-refractivity contribution is 5.70. The van der Waals surface area contributed by atoms with E-state index in [1.54, 1.807) is 0 Å². The van der Waals surface area contributed by atoms with E-state index in [-0.39, 0.29) is 42.1 Å². The summed E-state index contributed by atoms with van der Waals surface area (Å²) in [5.41, 5.74) is 0. The molecule has 1 aliphatic heterocycles. The summed E-state index contributed by atoms with van der Waals surface area (Å²) in [6, 6.07) is 0. The van der Waals surface area contributed by atoms with Crippen LogP contribution >= 0.6 is 0 Å². The number of ether oxygens (including phenoxy) is 7. The van der Waals surface area contributed by atoms with Crippen molar-refractivity contribution in [1.29, 1.82) is 0 Å². The Morgan fingerprint density at radius 2 is 0.609 bits per heavy atom. The maximum absolute atomic E-state index is 13.1. The van der Waals surface area contributed by atoms with Crippen LogP contribution in [0.25, 0.3) is 0 Å². The second-order valence-electron chi connectivity index (χ2n) is 36.5. The molecule has 680 valence electrons. The van der Waals surface area contributed by atoms with E-state index >= 15 is 0 Å². The van der Waals surface area contributed by atoms with Crippen molar-refractivity contribution in [2.45, 2.75) is 516 Å². The van der Waals surface area contributed by atoms with E-state index in [2.05, 4.69) is 86.3 Å². The Balaban J connectivity index is 2.47. The zero-order valence-corrected chi connectivity index (χ0v) is 78.3. The second-order valence-corrected chi connectivity index (χ2v) is 36.5. The molecule has 14 heteroatoms. The predicted octanol–water partition coefficient (Wildman–Crippen LogP) is 28.8. The summed E-state index contributed by atoms with van der Waals surface area (Å²) >= 11 is 0. The molecule has 0 aromatic rings. The van der Waals surface area contributed by atoms with E-state index in [9.17, 15) is 24.0 Å².